The van der Waals surface area contributed by atoms with Gasteiger partial charge >= 0.3 is 0 Å². The largest absolute Gasteiger partial charge is 0.378 e. The molecule has 0 fully saturated rings. The SMILES string of the molecule is CN(C)c1ccc(C#CC#CC(=Pc2c(C(C)(C)C)cc(C(C)(C)C)cc2C(C)(C)C)c2ccccc2)cc1.CN(C)c1ccc(C#CC#CC(=Pc2c(C(C)(C)C)cc(C(C)(C)C)cc2C(C)(C)C)c2ccccc2)cc1. The molecule has 0 saturated carbocycles. The number of rotatable bonds is 6. The first-order valence-electron chi connectivity index (χ1n) is 27.4. The average Bonchev–Trinajstić information content (AvgIpc) is 3.36. The van der Waals surface area contributed by atoms with Crippen molar-refractivity contribution < 1.29 is 0 Å². The molecule has 0 aliphatic carbocycles. The van der Waals surface area contributed by atoms with Gasteiger partial charge in [-0.15, -0.1) is 0 Å². The van der Waals surface area contributed by atoms with Crippen LogP contribution in [0.15, 0.2) is 133 Å². The van der Waals surface area contributed by atoms with Crippen molar-refractivity contribution in [1.82, 2.24) is 0 Å². The normalized spacial score (nSPS) is 12.2. The first kappa shape index (κ1) is 62.3. The predicted octanol–water partition coefficient (Wildman–Crippen LogP) is 17.0. The molecule has 0 amide bonds. The molecule has 0 unspecified atom stereocenters. The van der Waals surface area contributed by atoms with Crippen LogP contribution in [0.2, 0.25) is 0 Å². The van der Waals surface area contributed by atoms with Gasteiger partial charge in [0.1, 0.15) is 0 Å². The summed E-state index contributed by atoms with van der Waals surface area (Å²) in [5.41, 5.74) is 15.0. The molecule has 0 N–H and O–H groups in total. The smallest absolute Gasteiger partial charge is 0.0605 e. The van der Waals surface area contributed by atoms with Gasteiger partial charge in [-0.05, 0) is 177 Å². The summed E-state index contributed by atoms with van der Waals surface area (Å²) >= 11 is 0. The lowest BCUT2D eigenvalue weighted by Crippen LogP contribution is -2.30. The molecule has 0 atom stereocenters. The first-order chi connectivity index (χ1) is 36.1. The molecule has 6 rings (SSSR count). The van der Waals surface area contributed by atoms with Crippen LogP contribution in [0.4, 0.5) is 11.4 Å². The fraction of sp³-hybridized carbons (Fsp3) is 0.378. The van der Waals surface area contributed by atoms with Crippen molar-refractivity contribution in [1.29, 1.82) is 0 Å². The number of anilines is 2. The van der Waals surface area contributed by atoms with Gasteiger partial charge in [0.25, 0.3) is 0 Å². The van der Waals surface area contributed by atoms with Gasteiger partial charge in [-0.1, -0.05) is 221 Å². The van der Waals surface area contributed by atoms with Crippen molar-refractivity contribution in [2.75, 3.05) is 38.0 Å². The summed E-state index contributed by atoms with van der Waals surface area (Å²) in [6.45, 7) is 41.7. The molecular weight excluding hydrogens is 979 g/mol. The van der Waals surface area contributed by atoms with Gasteiger partial charge in [-0.2, -0.15) is 0 Å². The highest BCUT2D eigenvalue weighted by Crippen LogP contribution is 2.38. The van der Waals surface area contributed by atoms with E-state index in [1.165, 1.54) is 44.0 Å². The summed E-state index contributed by atoms with van der Waals surface area (Å²) in [5.74, 6) is 25.9. The predicted molar refractivity (Wildman–Crippen MR) is 350 cm³/mol. The lowest BCUT2D eigenvalue weighted by atomic mass is 9.75. The summed E-state index contributed by atoms with van der Waals surface area (Å²) in [7, 11) is 10.4. The zero-order valence-electron chi connectivity index (χ0n) is 51.5. The highest BCUT2D eigenvalue weighted by Gasteiger charge is 2.31. The second-order valence-electron chi connectivity index (χ2n) is 26.9. The van der Waals surface area contributed by atoms with E-state index >= 15 is 0 Å². The Kier molecular flexibility index (Phi) is 20.4. The molecule has 6 aromatic rings. The topological polar surface area (TPSA) is 6.48 Å². The van der Waals surface area contributed by atoms with Gasteiger partial charge in [0, 0.05) is 61.3 Å². The van der Waals surface area contributed by atoms with E-state index in [-0.39, 0.29) is 32.5 Å². The Morgan fingerprint density at radius 1 is 0.333 bits per heavy atom. The Morgan fingerprint density at radius 2 is 0.603 bits per heavy atom. The molecule has 0 radical (unpaired) electrons. The Labute approximate surface area is 477 Å². The monoisotopic (exact) mass is 1070 g/mol. The second kappa shape index (κ2) is 25.5. The summed E-state index contributed by atoms with van der Waals surface area (Å²) < 4.78 is 0. The standard InChI is InChI=1S/2C37H44NP/c2*1-35(2,3)29-25-31(36(4,5)6)34(32(26-29)37(7,8)9)39-33(28-18-13-12-14-19-28)20-16-15-17-27-21-23-30(24-22-27)38(10)11/h2*12-14,18-19,21-26H,1-11H3. The summed E-state index contributed by atoms with van der Waals surface area (Å²) in [5, 5.41) is 4.88. The van der Waals surface area contributed by atoms with Crippen LogP contribution in [-0.2, 0) is 32.5 Å². The molecule has 0 aliphatic rings. The van der Waals surface area contributed by atoms with E-state index in [0.717, 1.165) is 60.6 Å². The fourth-order valence-corrected chi connectivity index (χ4v) is 11.8. The zero-order valence-corrected chi connectivity index (χ0v) is 53.3. The van der Waals surface area contributed by atoms with E-state index < -0.39 is 0 Å². The van der Waals surface area contributed by atoms with Crippen molar-refractivity contribution in [3.63, 3.8) is 0 Å². The van der Waals surface area contributed by atoms with E-state index in [1.54, 1.807) is 0 Å². The highest BCUT2D eigenvalue weighted by atomic mass is 31.1. The average molecular weight is 1070 g/mol. The molecule has 0 aromatic heterocycles. The Hall–Kier alpha value is -6.50. The van der Waals surface area contributed by atoms with Gasteiger partial charge in [-0.3, -0.25) is 0 Å². The van der Waals surface area contributed by atoms with Crippen LogP contribution in [-0.4, -0.2) is 38.8 Å². The van der Waals surface area contributed by atoms with Crippen LogP contribution >= 0.6 is 16.4 Å². The Morgan fingerprint density at radius 3 is 0.833 bits per heavy atom. The molecule has 404 valence electrons. The lowest BCUT2D eigenvalue weighted by Gasteiger charge is -2.32. The lowest BCUT2D eigenvalue weighted by molar-refractivity contribution is 0.553. The molecule has 0 spiro atoms. The third kappa shape index (κ3) is 17.8. The van der Waals surface area contributed by atoms with Crippen molar-refractivity contribution in [2.45, 2.75) is 157 Å². The van der Waals surface area contributed by atoms with Gasteiger partial charge in [-0.25, -0.2) is 0 Å². The molecule has 0 saturated heterocycles. The Bertz CT molecular complexity index is 3050. The molecule has 78 heavy (non-hydrogen) atoms. The molecule has 0 bridgehead atoms. The number of benzene rings is 6. The molecule has 4 heteroatoms. The zero-order chi connectivity index (χ0) is 58.0. The van der Waals surface area contributed by atoms with Crippen molar-refractivity contribution >= 4 is 49.0 Å². The third-order valence-electron chi connectivity index (χ3n) is 13.4. The molecule has 2 nitrogen and oxygen atoms in total. The minimum Gasteiger partial charge on any atom is -0.378 e. The molecule has 0 heterocycles. The summed E-state index contributed by atoms with van der Waals surface area (Å²) in [6, 6.07) is 47.3. The van der Waals surface area contributed by atoms with Crippen LogP contribution in [0, 0.1) is 47.4 Å². The van der Waals surface area contributed by atoms with Gasteiger partial charge in [0.05, 0.1) is 10.6 Å². The van der Waals surface area contributed by atoms with E-state index in [0.29, 0.717) is 0 Å². The number of nitrogens with zero attached hydrogens (tertiary/aromatic N) is 2. The molecular formula is C74H88N2P2. The first-order valence-corrected chi connectivity index (χ1v) is 29.2. The number of hydrogen-bond acceptors (Lipinski definition) is 2. The van der Waals surface area contributed by atoms with E-state index in [4.69, 9.17) is 0 Å². The van der Waals surface area contributed by atoms with Gasteiger partial charge in [0.15, 0.2) is 0 Å². The van der Waals surface area contributed by atoms with Crippen LogP contribution < -0.4 is 20.4 Å². The summed E-state index contributed by atoms with van der Waals surface area (Å²) in [4.78, 5) is 4.17. The van der Waals surface area contributed by atoms with Crippen molar-refractivity contribution in [3.8, 4) is 47.4 Å². The second-order valence-corrected chi connectivity index (χ2v) is 29.1. The van der Waals surface area contributed by atoms with E-state index in [1.807, 2.05) is 52.5 Å². The third-order valence-corrected chi connectivity index (χ3v) is 16.0. The minimum absolute atomic E-state index is 0.00263. The highest BCUT2D eigenvalue weighted by molar-refractivity contribution is 7.51. The van der Waals surface area contributed by atoms with E-state index in [9.17, 15) is 0 Å². The van der Waals surface area contributed by atoms with Crippen molar-refractivity contribution in [2.24, 2.45) is 0 Å². The quantitative estimate of drug-likeness (QED) is 0.121. The van der Waals surface area contributed by atoms with Gasteiger partial charge in [0.2, 0.25) is 0 Å². The molecule has 0 aliphatic heterocycles. The van der Waals surface area contributed by atoms with Gasteiger partial charge < -0.3 is 9.80 Å². The van der Waals surface area contributed by atoms with Crippen LogP contribution in [0.3, 0.4) is 0 Å². The van der Waals surface area contributed by atoms with Crippen LogP contribution in [0.5, 0.6) is 0 Å². The molecule has 6 aromatic carbocycles. The van der Waals surface area contributed by atoms with Crippen LogP contribution in [0.25, 0.3) is 0 Å². The fourth-order valence-electron chi connectivity index (χ4n) is 8.48. The minimum atomic E-state index is -0.00263. The van der Waals surface area contributed by atoms with Crippen LogP contribution in [0.1, 0.15) is 180 Å². The number of hydrogen-bond donors (Lipinski definition) is 0. The maximum atomic E-state index is 3.46. The maximum absolute atomic E-state index is 3.46. The van der Waals surface area contributed by atoms with Crippen molar-refractivity contribution in [3.05, 3.63) is 189 Å². The van der Waals surface area contributed by atoms with E-state index in [2.05, 4.69) is 291 Å². The maximum Gasteiger partial charge on any atom is 0.0605 e. The Balaban J connectivity index is 0.000000287. The summed E-state index contributed by atoms with van der Waals surface area (Å²) in [6.07, 6.45) is 0.